The maximum Gasteiger partial charge on any atom is 0.255 e. The molecule has 0 fully saturated rings. The Balaban J connectivity index is 0.00000392. The molecule has 0 bridgehead atoms. The average molecular weight is 517 g/mol. The number of benzene rings is 2. The molecule has 0 saturated carbocycles. The molecule has 28 heavy (non-hydrogen) atoms. The van der Waals surface area contributed by atoms with E-state index in [9.17, 15) is 4.79 Å². The number of hydrogen-bond donors (Lipinski definition) is 3. The number of halogens is 2. The Morgan fingerprint density at radius 1 is 1.25 bits per heavy atom. The highest BCUT2D eigenvalue weighted by molar-refractivity contribution is 14.0. The Morgan fingerprint density at radius 2 is 2.00 bits per heavy atom. The molecule has 2 aromatic rings. The summed E-state index contributed by atoms with van der Waals surface area (Å²) in [7, 11) is 0. The van der Waals surface area contributed by atoms with E-state index in [4.69, 9.17) is 22.1 Å². The SMILES string of the molecule is CCNC(=NCc1cccc(OCC(N)=O)c1)NC(C)c1cccc(Cl)c1.I. The number of hydrogen-bond acceptors (Lipinski definition) is 3. The van der Waals surface area contributed by atoms with Crippen LogP contribution in [0, 0.1) is 0 Å². The highest BCUT2D eigenvalue weighted by Gasteiger charge is 2.08. The molecule has 152 valence electrons. The number of nitrogens with zero attached hydrogens (tertiary/aromatic N) is 1. The Labute approximate surface area is 187 Å². The van der Waals surface area contributed by atoms with Crippen LogP contribution >= 0.6 is 35.6 Å². The molecule has 4 N–H and O–H groups in total. The number of amides is 1. The normalized spacial score (nSPS) is 11.9. The van der Waals surface area contributed by atoms with Gasteiger partial charge in [-0.05, 0) is 49.2 Å². The van der Waals surface area contributed by atoms with Crippen LogP contribution in [0.4, 0.5) is 0 Å². The summed E-state index contributed by atoms with van der Waals surface area (Å²) < 4.78 is 5.33. The van der Waals surface area contributed by atoms with Crippen LogP contribution in [0.2, 0.25) is 5.02 Å². The highest BCUT2D eigenvalue weighted by atomic mass is 127. The number of nitrogens with two attached hydrogens (primary N) is 1. The van der Waals surface area contributed by atoms with E-state index < -0.39 is 5.91 Å². The lowest BCUT2D eigenvalue weighted by atomic mass is 10.1. The molecule has 0 aliphatic rings. The molecule has 0 aliphatic heterocycles. The fourth-order valence-corrected chi connectivity index (χ4v) is 2.64. The summed E-state index contributed by atoms with van der Waals surface area (Å²) in [6, 6.07) is 15.2. The van der Waals surface area contributed by atoms with Crippen LogP contribution < -0.4 is 21.1 Å². The van der Waals surface area contributed by atoms with Gasteiger partial charge in [-0.1, -0.05) is 35.9 Å². The lowest BCUT2D eigenvalue weighted by Crippen LogP contribution is -2.38. The first-order chi connectivity index (χ1) is 13.0. The van der Waals surface area contributed by atoms with Crippen molar-refractivity contribution in [3.8, 4) is 5.75 Å². The molecular formula is C20H26ClIN4O2. The van der Waals surface area contributed by atoms with Crippen molar-refractivity contribution in [2.24, 2.45) is 10.7 Å². The predicted octanol–water partition coefficient (Wildman–Crippen LogP) is 3.64. The molecule has 1 amide bonds. The number of rotatable bonds is 8. The smallest absolute Gasteiger partial charge is 0.255 e. The van der Waals surface area contributed by atoms with E-state index >= 15 is 0 Å². The van der Waals surface area contributed by atoms with Crippen molar-refractivity contribution in [2.45, 2.75) is 26.4 Å². The standard InChI is InChI=1S/C20H25ClN4O2.HI/c1-3-23-20(25-14(2)16-7-5-8-17(21)11-16)24-12-15-6-4-9-18(10-15)27-13-19(22)26;/h4-11,14H,3,12-13H2,1-2H3,(H2,22,26)(H2,23,24,25);1H. The molecule has 2 rings (SSSR count). The highest BCUT2D eigenvalue weighted by Crippen LogP contribution is 2.17. The number of primary amides is 1. The minimum Gasteiger partial charge on any atom is -0.484 e. The van der Waals surface area contributed by atoms with Gasteiger partial charge in [-0.3, -0.25) is 4.79 Å². The topological polar surface area (TPSA) is 88.7 Å². The zero-order valence-electron chi connectivity index (χ0n) is 15.9. The number of carbonyl (C=O) groups is 1. The molecule has 0 spiro atoms. The molecule has 0 radical (unpaired) electrons. The third-order valence-electron chi connectivity index (χ3n) is 3.75. The first-order valence-corrected chi connectivity index (χ1v) is 9.16. The molecular weight excluding hydrogens is 491 g/mol. The number of guanidine groups is 1. The quantitative estimate of drug-likeness (QED) is 0.284. The maximum absolute atomic E-state index is 10.8. The van der Waals surface area contributed by atoms with Crippen molar-refractivity contribution in [2.75, 3.05) is 13.2 Å². The minimum absolute atomic E-state index is 0. The Kier molecular flexibility index (Phi) is 10.7. The second-order valence-electron chi connectivity index (χ2n) is 6.02. The van der Waals surface area contributed by atoms with E-state index in [0.717, 1.165) is 17.7 Å². The van der Waals surface area contributed by atoms with Crippen molar-refractivity contribution in [1.29, 1.82) is 0 Å². The van der Waals surface area contributed by atoms with Crippen molar-refractivity contribution in [1.82, 2.24) is 10.6 Å². The van der Waals surface area contributed by atoms with Gasteiger partial charge >= 0.3 is 0 Å². The van der Waals surface area contributed by atoms with E-state index in [0.29, 0.717) is 23.3 Å². The van der Waals surface area contributed by atoms with Crippen LogP contribution in [0.15, 0.2) is 53.5 Å². The summed E-state index contributed by atoms with van der Waals surface area (Å²) in [4.78, 5) is 15.5. The van der Waals surface area contributed by atoms with Gasteiger partial charge in [-0.2, -0.15) is 0 Å². The number of aliphatic imine (C=N–C) groups is 1. The van der Waals surface area contributed by atoms with Gasteiger partial charge in [0.2, 0.25) is 0 Å². The van der Waals surface area contributed by atoms with Gasteiger partial charge in [-0.25, -0.2) is 4.99 Å². The van der Waals surface area contributed by atoms with Gasteiger partial charge in [0, 0.05) is 11.6 Å². The van der Waals surface area contributed by atoms with E-state index in [1.54, 1.807) is 6.07 Å². The third-order valence-corrected chi connectivity index (χ3v) is 3.98. The Hall–Kier alpha value is -2.00. The van der Waals surface area contributed by atoms with Gasteiger partial charge in [0.05, 0.1) is 12.6 Å². The van der Waals surface area contributed by atoms with E-state index in [1.165, 1.54) is 0 Å². The summed E-state index contributed by atoms with van der Waals surface area (Å²) in [5.74, 6) is 0.784. The Morgan fingerprint density at radius 3 is 2.68 bits per heavy atom. The van der Waals surface area contributed by atoms with E-state index in [-0.39, 0.29) is 36.6 Å². The molecule has 8 heteroatoms. The molecule has 6 nitrogen and oxygen atoms in total. The second-order valence-corrected chi connectivity index (χ2v) is 6.46. The van der Waals surface area contributed by atoms with Crippen molar-refractivity contribution >= 4 is 47.4 Å². The molecule has 1 unspecified atom stereocenters. The zero-order chi connectivity index (χ0) is 19.6. The lowest BCUT2D eigenvalue weighted by Gasteiger charge is -2.18. The van der Waals surface area contributed by atoms with Crippen molar-refractivity contribution < 1.29 is 9.53 Å². The second kappa shape index (κ2) is 12.5. The summed E-state index contributed by atoms with van der Waals surface area (Å²) >= 11 is 6.07. The van der Waals surface area contributed by atoms with Crippen LogP contribution in [0.5, 0.6) is 5.75 Å². The van der Waals surface area contributed by atoms with Crippen molar-refractivity contribution in [3.05, 3.63) is 64.7 Å². The number of nitrogens with one attached hydrogen (secondary N) is 2. The third kappa shape index (κ3) is 8.35. The monoisotopic (exact) mass is 516 g/mol. The predicted molar refractivity (Wildman–Crippen MR) is 124 cm³/mol. The van der Waals surface area contributed by atoms with Crippen LogP contribution in [0.25, 0.3) is 0 Å². The fraction of sp³-hybridized carbons (Fsp3) is 0.300. The summed E-state index contributed by atoms with van der Waals surface area (Å²) in [6.45, 7) is 5.13. The van der Waals surface area contributed by atoms with Crippen LogP contribution in [-0.4, -0.2) is 25.0 Å². The van der Waals surface area contributed by atoms with E-state index in [1.807, 2.05) is 49.4 Å². The number of ether oxygens (including phenoxy) is 1. The van der Waals surface area contributed by atoms with Crippen LogP contribution in [0.1, 0.15) is 31.0 Å². The first-order valence-electron chi connectivity index (χ1n) is 8.78. The van der Waals surface area contributed by atoms with E-state index in [2.05, 4.69) is 22.5 Å². The molecule has 2 aromatic carbocycles. The van der Waals surface area contributed by atoms with Crippen molar-refractivity contribution in [3.63, 3.8) is 0 Å². The molecule has 0 saturated heterocycles. The summed E-state index contributed by atoms with van der Waals surface area (Å²) in [6.07, 6.45) is 0. The summed E-state index contributed by atoms with van der Waals surface area (Å²) in [5, 5.41) is 7.31. The largest absolute Gasteiger partial charge is 0.484 e. The average Bonchev–Trinajstić information content (AvgIpc) is 2.65. The van der Waals surface area contributed by atoms with Gasteiger partial charge in [-0.15, -0.1) is 24.0 Å². The zero-order valence-corrected chi connectivity index (χ0v) is 19.0. The van der Waals surface area contributed by atoms with Crippen LogP contribution in [-0.2, 0) is 11.3 Å². The molecule has 1 atom stereocenters. The van der Waals surface area contributed by atoms with Gasteiger partial charge in [0.15, 0.2) is 12.6 Å². The van der Waals surface area contributed by atoms with Gasteiger partial charge < -0.3 is 21.1 Å². The molecule has 0 aliphatic carbocycles. The molecule has 0 heterocycles. The minimum atomic E-state index is -0.507. The Bertz CT molecular complexity index is 801. The number of carbonyl (C=O) groups excluding carboxylic acids is 1. The first kappa shape index (κ1) is 24.0. The van der Waals surface area contributed by atoms with Crippen LogP contribution in [0.3, 0.4) is 0 Å². The summed E-state index contributed by atoms with van der Waals surface area (Å²) in [5.41, 5.74) is 7.14. The molecule has 0 aromatic heterocycles. The van der Waals surface area contributed by atoms with Gasteiger partial charge in [0.1, 0.15) is 5.75 Å². The maximum atomic E-state index is 10.8. The fourth-order valence-electron chi connectivity index (χ4n) is 2.44. The van der Waals surface area contributed by atoms with Gasteiger partial charge in [0.25, 0.3) is 5.91 Å². The lowest BCUT2D eigenvalue weighted by molar-refractivity contribution is -0.119.